The van der Waals surface area contributed by atoms with Gasteiger partial charge in [-0.3, -0.25) is 0 Å². The van der Waals surface area contributed by atoms with Gasteiger partial charge in [-0.1, -0.05) is 65.0 Å². The number of unbranched alkanes of at least 4 members (excludes halogenated alkanes) is 2. The van der Waals surface area contributed by atoms with Crippen LogP contribution in [-0.4, -0.2) is 13.7 Å². The fourth-order valence-electron chi connectivity index (χ4n) is 2.50. The molecule has 0 atom stereocenters. The summed E-state index contributed by atoms with van der Waals surface area (Å²) in [6, 6.07) is 9.30. The van der Waals surface area contributed by atoms with Crippen molar-refractivity contribution in [3.63, 3.8) is 0 Å². The van der Waals surface area contributed by atoms with Gasteiger partial charge in [0.25, 0.3) is 0 Å². The highest BCUT2D eigenvalue weighted by atomic mass is 79.9. The normalized spacial score (nSPS) is 10.8. The molecule has 0 fully saturated rings. The lowest BCUT2D eigenvalue weighted by molar-refractivity contribution is 0.284. The summed E-state index contributed by atoms with van der Waals surface area (Å²) in [4.78, 5) is 0. The number of nitrogens with one attached hydrogen (secondary N) is 1. The molecule has 0 unspecified atom stereocenters. The first-order valence-corrected chi connectivity index (χ1v) is 10.2. The summed E-state index contributed by atoms with van der Waals surface area (Å²) in [6.45, 7) is 4.34. The third-order valence-corrected chi connectivity index (χ3v) is 5.33. The predicted octanol–water partition coefficient (Wildman–Crippen LogP) is 6.62. The van der Waals surface area contributed by atoms with E-state index in [4.69, 9.17) is 32.7 Å². The van der Waals surface area contributed by atoms with Gasteiger partial charge in [0.1, 0.15) is 6.61 Å². The fourth-order valence-corrected chi connectivity index (χ4v) is 3.43. The largest absolute Gasteiger partial charge is 0.493 e. The molecule has 0 saturated heterocycles. The molecular formula is C20H24BrCl2NO2. The summed E-state index contributed by atoms with van der Waals surface area (Å²) in [7, 11) is 1.64. The van der Waals surface area contributed by atoms with Crippen molar-refractivity contribution in [3.8, 4) is 11.5 Å². The zero-order valence-electron chi connectivity index (χ0n) is 15.1. The Balaban J connectivity index is 2.03. The molecule has 2 rings (SSSR count). The lowest BCUT2D eigenvalue weighted by atomic mass is 10.2. The van der Waals surface area contributed by atoms with Crippen molar-refractivity contribution in [1.82, 2.24) is 5.32 Å². The molecule has 0 amide bonds. The Hall–Kier alpha value is -0.940. The second kappa shape index (κ2) is 11.0. The van der Waals surface area contributed by atoms with Gasteiger partial charge in [0.15, 0.2) is 11.5 Å². The van der Waals surface area contributed by atoms with Crippen molar-refractivity contribution in [2.75, 3.05) is 13.7 Å². The molecule has 2 aromatic rings. The fraction of sp³-hybridized carbons (Fsp3) is 0.400. The molecule has 0 bridgehead atoms. The Labute approximate surface area is 174 Å². The van der Waals surface area contributed by atoms with E-state index >= 15 is 0 Å². The molecule has 0 aliphatic rings. The van der Waals surface area contributed by atoms with Gasteiger partial charge < -0.3 is 14.8 Å². The van der Waals surface area contributed by atoms with E-state index in [-0.39, 0.29) is 0 Å². The highest BCUT2D eigenvalue weighted by Crippen LogP contribution is 2.34. The van der Waals surface area contributed by atoms with E-state index in [0.29, 0.717) is 28.2 Å². The Kier molecular flexibility index (Phi) is 9.06. The summed E-state index contributed by atoms with van der Waals surface area (Å²) in [6.07, 6.45) is 3.66. The number of halogens is 3. The predicted molar refractivity (Wildman–Crippen MR) is 113 cm³/mol. The number of ether oxygens (including phenoxy) is 2. The van der Waals surface area contributed by atoms with E-state index in [1.807, 2.05) is 18.2 Å². The Morgan fingerprint density at radius 2 is 1.85 bits per heavy atom. The highest BCUT2D eigenvalue weighted by molar-refractivity contribution is 9.10. The first kappa shape index (κ1) is 21.4. The molecule has 0 aromatic heterocycles. The molecule has 3 nitrogen and oxygen atoms in total. The van der Waals surface area contributed by atoms with Crippen molar-refractivity contribution >= 4 is 39.1 Å². The van der Waals surface area contributed by atoms with Crippen molar-refractivity contribution in [1.29, 1.82) is 0 Å². The molecule has 0 aliphatic heterocycles. The summed E-state index contributed by atoms with van der Waals surface area (Å²) >= 11 is 15.8. The van der Waals surface area contributed by atoms with E-state index in [1.54, 1.807) is 19.2 Å². The number of hydrogen-bond acceptors (Lipinski definition) is 3. The number of rotatable bonds is 10. The van der Waals surface area contributed by atoms with Crippen LogP contribution in [0.1, 0.15) is 37.3 Å². The van der Waals surface area contributed by atoms with Gasteiger partial charge in [-0.05, 0) is 42.8 Å². The molecule has 0 aliphatic carbocycles. The minimum Gasteiger partial charge on any atom is -0.493 e. The van der Waals surface area contributed by atoms with Crippen LogP contribution in [0.4, 0.5) is 0 Å². The first-order chi connectivity index (χ1) is 12.5. The Morgan fingerprint density at radius 1 is 1.04 bits per heavy atom. The molecule has 2 aromatic carbocycles. The van der Waals surface area contributed by atoms with E-state index in [2.05, 4.69) is 28.2 Å². The molecule has 6 heteroatoms. The van der Waals surface area contributed by atoms with E-state index in [1.165, 1.54) is 19.3 Å². The first-order valence-electron chi connectivity index (χ1n) is 8.69. The van der Waals surface area contributed by atoms with Crippen LogP contribution in [0.5, 0.6) is 11.5 Å². The molecule has 0 heterocycles. The summed E-state index contributed by atoms with van der Waals surface area (Å²) in [5.74, 6) is 1.36. The third kappa shape index (κ3) is 6.34. The van der Waals surface area contributed by atoms with Gasteiger partial charge in [-0.15, -0.1) is 0 Å². The minimum absolute atomic E-state index is 0.341. The van der Waals surface area contributed by atoms with E-state index in [9.17, 15) is 0 Å². The molecule has 1 N–H and O–H groups in total. The Morgan fingerprint density at radius 3 is 2.54 bits per heavy atom. The molecule has 142 valence electrons. The monoisotopic (exact) mass is 459 g/mol. The highest BCUT2D eigenvalue weighted by Gasteiger charge is 2.11. The van der Waals surface area contributed by atoms with Crippen LogP contribution in [0.3, 0.4) is 0 Å². The van der Waals surface area contributed by atoms with Crippen LogP contribution in [0, 0.1) is 0 Å². The van der Waals surface area contributed by atoms with Gasteiger partial charge in [-0.2, -0.15) is 0 Å². The standard InChI is InChI=1S/C20H24BrCl2NO2/c1-3-4-5-8-24-12-15-9-19(25-2)20(11-17(15)21)26-13-14-6-7-16(22)10-18(14)23/h6-7,9-11,24H,3-5,8,12-13H2,1-2H3. The van der Waals surface area contributed by atoms with Gasteiger partial charge in [-0.25, -0.2) is 0 Å². The van der Waals surface area contributed by atoms with Crippen LogP contribution in [0.25, 0.3) is 0 Å². The average molecular weight is 461 g/mol. The van der Waals surface area contributed by atoms with Crippen LogP contribution >= 0.6 is 39.1 Å². The van der Waals surface area contributed by atoms with E-state index in [0.717, 1.165) is 28.7 Å². The molecular weight excluding hydrogens is 437 g/mol. The maximum absolute atomic E-state index is 6.21. The summed E-state index contributed by atoms with van der Waals surface area (Å²) in [5.41, 5.74) is 2.01. The topological polar surface area (TPSA) is 30.5 Å². The third-order valence-electron chi connectivity index (χ3n) is 4.00. The summed E-state index contributed by atoms with van der Waals surface area (Å²) in [5, 5.41) is 4.66. The second-order valence-electron chi connectivity index (χ2n) is 6.00. The molecule has 0 radical (unpaired) electrons. The van der Waals surface area contributed by atoms with Gasteiger partial charge in [0.2, 0.25) is 0 Å². The van der Waals surface area contributed by atoms with Crippen molar-refractivity contribution in [2.24, 2.45) is 0 Å². The quantitative estimate of drug-likeness (QED) is 0.404. The zero-order valence-corrected chi connectivity index (χ0v) is 18.2. The minimum atomic E-state index is 0.341. The van der Waals surface area contributed by atoms with Crippen LogP contribution < -0.4 is 14.8 Å². The Bertz CT molecular complexity index is 725. The second-order valence-corrected chi connectivity index (χ2v) is 7.70. The zero-order chi connectivity index (χ0) is 18.9. The average Bonchev–Trinajstić information content (AvgIpc) is 2.62. The number of methoxy groups -OCH3 is 1. The summed E-state index contributed by atoms with van der Waals surface area (Å²) < 4.78 is 12.4. The van der Waals surface area contributed by atoms with Gasteiger partial charge in [0, 0.05) is 26.6 Å². The van der Waals surface area contributed by atoms with Crippen molar-refractivity contribution < 1.29 is 9.47 Å². The van der Waals surface area contributed by atoms with Crippen LogP contribution in [0.2, 0.25) is 10.0 Å². The van der Waals surface area contributed by atoms with Gasteiger partial charge >= 0.3 is 0 Å². The van der Waals surface area contributed by atoms with Crippen LogP contribution in [0.15, 0.2) is 34.8 Å². The molecule has 0 saturated carbocycles. The maximum atomic E-state index is 6.21. The lowest BCUT2D eigenvalue weighted by Crippen LogP contribution is -2.15. The van der Waals surface area contributed by atoms with E-state index < -0.39 is 0 Å². The van der Waals surface area contributed by atoms with Crippen molar-refractivity contribution in [2.45, 2.75) is 39.3 Å². The lowest BCUT2D eigenvalue weighted by Gasteiger charge is -2.15. The van der Waals surface area contributed by atoms with Crippen LogP contribution in [-0.2, 0) is 13.2 Å². The van der Waals surface area contributed by atoms with Gasteiger partial charge in [0.05, 0.1) is 7.11 Å². The maximum Gasteiger partial charge on any atom is 0.162 e. The van der Waals surface area contributed by atoms with Crippen molar-refractivity contribution in [3.05, 3.63) is 56.0 Å². The number of hydrogen-bond donors (Lipinski definition) is 1. The number of benzene rings is 2. The molecule has 26 heavy (non-hydrogen) atoms. The SMILES string of the molecule is CCCCCNCc1cc(OC)c(OCc2ccc(Cl)cc2Cl)cc1Br. The molecule has 0 spiro atoms. The smallest absolute Gasteiger partial charge is 0.162 e.